The van der Waals surface area contributed by atoms with Crippen molar-refractivity contribution in [3.8, 4) is 0 Å². The van der Waals surface area contributed by atoms with Crippen molar-refractivity contribution in [3.63, 3.8) is 0 Å². The third-order valence-electron chi connectivity index (χ3n) is 3.41. The topological polar surface area (TPSA) is 29.5 Å². The maximum absolute atomic E-state index is 12.2. The zero-order valence-electron chi connectivity index (χ0n) is 11.3. The van der Waals surface area contributed by atoms with E-state index in [-0.39, 0.29) is 5.78 Å². The zero-order valence-corrected chi connectivity index (χ0v) is 12.9. The van der Waals surface area contributed by atoms with E-state index in [4.69, 9.17) is 4.74 Å². The number of carbonyl (C=O) groups excluding carboxylic acids is 1. The van der Waals surface area contributed by atoms with Crippen LogP contribution in [0, 0.1) is 5.92 Å². The number of nitrogens with zero attached hydrogens (tertiary/aromatic N) is 1. The normalized spacial score (nSPS) is 19.6. The molecule has 0 aromatic heterocycles. The molecule has 4 heteroatoms. The molecule has 104 valence electrons. The Balaban J connectivity index is 1.86. The lowest BCUT2D eigenvalue weighted by Crippen LogP contribution is -2.34. The first kappa shape index (κ1) is 14.7. The van der Waals surface area contributed by atoms with Gasteiger partial charge in [-0.25, -0.2) is 0 Å². The van der Waals surface area contributed by atoms with E-state index in [9.17, 15) is 4.79 Å². The Hall–Kier alpha value is -0.710. The molecular weight excluding hydrogens is 306 g/mol. The molecule has 19 heavy (non-hydrogen) atoms. The fraction of sp³-hybridized carbons (Fsp3) is 0.533. The molecule has 1 atom stereocenters. The second kappa shape index (κ2) is 7.17. The summed E-state index contributed by atoms with van der Waals surface area (Å²) in [5, 5.41) is 0. The van der Waals surface area contributed by atoms with Gasteiger partial charge in [-0.15, -0.1) is 0 Å². The van der Waals surface area contributed by atoms with E-state index in [1.807, 2.05) is 31.3 Å². The van der Waals surface area contributed by atoms with E-state index in [0.29, 0.717) is 12.5 Å². The van der Waals surface area contributed by atoms with Crippen LogP contribution < -0.4 is 0 Å². The Kier molecular flexibility index (Phi) is 5.55. The van der Waals surface area contributed by atoms with Crippen LogP contribution in [0.2, 0.25) is 0 Å². The van der Waals surface area contributed by atoms with Gasteiger partial charge in [-0.05, 0) is 31.9 Å². The SMILES string of the molecule is CN(CC(=O)c1ccccc1Br)CC1CCCOC1. The first-order valence-electron chi connectivity index (χ1n) is 6.71. The minimum Gasteiger partial charge on any atom is -0.381 e. The zero-order chi connectivity index (χ0) is 13.7. The molecule has 1 heterocycles. The van der Waals surface area contributed by atoms with Crippen molar-refractivity contribution in [2.75, 3.05) is 33.4 Å². The largest absolute Gasteiger partial charge is 0.381 e. The number of ether oxygens (including phenoxy) is 1. The number of Topliss-reactive ketones (excluding diaryl/α,β-unsaturated/α-hetero) is 1. The first-order valence-corrected chi connectivity index (χ1v) is 7.50. The van der Waals surface area contributed by atoms with Crippen LogP contribution in [0.5, 0.6) is 0 Å². The number of rotatable bonds is 5. The van der Waals surface area contributed by atoms with Gasteiger partial charge in [0.1, 0.15) is 0 Å². The van der Waals surface area contributed by atoms with Crippen LogP contribution in [-0.4, -0.2) is 44.0 Å². The summed E-state index contributed by atoms with van der Waals surface area (Å²) >= 11 is 3.43. The lowest BCUT2D eigenvalue weighted by Gasteiger charge is -2.26. The van der Waals surface area contributed by atoms with Gasteiger partial charge in [0.05, 0.1) is 13.2 Å². The molecular formula is C15H20BrNO2. The monoisotopic (exact) mass is 325 g/mol. The number of hydrogen-bond donors (Lipinski definition) is 0. The van der Waals surface area contributed by atoms with Crippen LogP contribution in [0.4, 0.5) is 0 Å². The van der Waals surface area contributed by atoms with Gasteiger partial charge in [-0.1, -0.05) is 34.1 Å². The highest BCUT2D eigenvalue weighted by molar-refractivity contribution is 9.10. The quantitative estimate of drug-likeness (QED) is 0.779. The van der Waals surface area contributed by atoms with Crippen molar-refractivity contribution in [1.29, 1.82) is 0 Å². The standard InChI is InChI=1S/C15H20BrNO2/c1-17(9-12-5-4-8-19-11-12)10-15(18)13-6-2-3-7-14(13)16/h2-3,6-7,12H,4-5,8-11H2,1H3. The van der Waals surface area contributed by atoms with Gasteiger partial charge in [-0.3, -0.25) is 9.69 Å². The molecule has 1 saturated heterocycles. The van der Waals surface area contributed by atoms with Crippen LogP contribution in [0.25, 0.3) is 0 Å². The van der Waals surface area contributed by atoms with Gasteiger partial charge >= 0.3 is 0 Å². The van der Waals surface area contributed by atoms with E-state index in [1.165, 1.54) is 6.42 Å². The molecule has 1 fully saturated rings. The lowest BCUT2D eigenvalue weighted by atomic mass is 10.0. The predicted octanol–water partition coefficient (Wildman–Crippen LogP) is 2.99. The van der Waals surface area contributed by atoms with Crippen molar-refractivity contribution in [2.24, 2.45) is 5.92 Å². The summed E-state index contributed by atoms with van der Waals surface area (Å²) in [4.78, 5) is 14.3. The van der Waals surface area contributed by atoms with E-state index in [0.717, 1.165) is 36.2 Å². The Morgan fingerprint density at radius 3 is 2.95 bits per heavy atom. The second-order valence-electron chi connectivity index (χ2n) is 5.18. The molecule has 0 radical (unpaired) electrons. The molecule has 2 rings (SSSR count). The molecule has 0 amide bonds. The maximum atomic E-state index is 12.2. The van der Waals surface area contributed by atoms with Crippen molar-refractivity contribution < 1.29 is 9.53 Å². The summed E-state index contributed by atoms with van der Waals surface area (Å²) < 4.78 is 6.34. The van der Waals surface area contributed by atoms with Crippen LogP contribution >= 0.6 is 15.9 Å². The average Bonchev–Trinajstić information content (AvgIpc) is 2.40. The summed E-state index contributed by atoms with van der Waals surface area (Å²) in [5.74, 6) is 0.720. The van der Waals surface area contributed by atoms with Gasteiger partial charge in [-0.2, -0.15) is 0 Å². The van der Waals surface area contributed by atoms with Gasteiger partial charge in [0.15, 0.2) is 5.78 Å². The molecule has 1 aromatic carbocycles. The third kappa shape index (κ3) is 4.41. The molecule has 0 N–H and O–H groups in total. The Labute approximate surface area is 123 Å². The Bertz CT molecular complexity index is 430. The molecule has 1 aliphatic heterocycles. The van der Waals surface area contributed by atoms with Crippen LogP contribution in [-0.2, 0) is 4.74 Å². The first-order chi connectivity index (χ1) is 9.16. The van der Waals surface area contributed by atoms with Crippen LogP contribution in [0.15, 0.2) is 28.7 Å². The smallest absolute Gasteiger partial charge is 0.177 e. The molecule has 0 bridgehead atoms. The van der Waals surface area contributed by atoms with Crippen molar-refractivity contribution >= 4 is 21.7 Å². The van der Waals surface area contributed by atoms with E-state index in [2.05, 4.69) is 20.8 Å². The number of benzene rings is 1. The summed E-state index contributed by atoms with van der Waals surface area (Å²) in [6.07, 6.45) is 2.34. The Morgan fingerprint density at radius 1 is 1.47 bits per heavy atom. The molecule has 3 nitrogen and oxygen atoms in total. The minimum atomic E-state index is 0.159. The highest BCUT2D eigenvalue weighted by Gasteiger charge is 2.18. The van der Waals surface area contributed by atoms with Gasteiger partial charge in [0, 0.05) is 23.2 Å². The van der Waals surface area contributed by atoms with Gasteiger partial charge in [0.25, 0.3) is 0 Å². The second-order valence-corrected chi connectivity index (χ2v) is 6.04. The molecule has 1 aromatic rings. The summed E-state index contributed by atoms with van der Waals surface area (Å²) in [6.45, 7) is 3.10. The molecule has 1 aliphatic rings. The fourth-order valence-corrected chi connectivity index (χ4v) is 2.98. The van der Waals surface area contributed by atoms with Crippen LogP contribution in [0.3, 0.4) is 0 Å². The molecule has 0 saturated carbocycles. The molecule has 1 unspecified atom stereocenters. The highest BCUT2D eigenvalue weighted by Crippen LogP contribution is 2.18. The lowest BCUT2D eigenvalue weighted by molar-refractivity contribution is 0.0416. The Morgan fingerprint density at radius 2 is 2.26 bits per heavy atom. The average molecular weight is 326 g/mol. The number of hydrogen-bond acceptors (Lipinski definition) is 3. The number of ketones is 1. The summed E-state index contributed by atoms with van der Waals surface area (Å²) in [5.41, 5.74) is 0.759. The van der Waals surface area contributed by atoms with Gasteiger partial charge < -0.3 is 4.74 Å². The van der Waals surface area contributed by atoms with E-state index < -0.39 is 0 Å². The van der Waals surface area contributed by atoms with Crippen LogP contribution in [0.1, 0.15) is 23.2 Å². The molecule has 0 aliphatic carbocycles. The van der Waals surface area contributed by atoms with E-state index in [1.54, 1.807) is 0 Å². The summed E-state index contributed by atoms with van der Waals surface area (Å²) in [7, 11) is 2.00. The molecule has 0 spiro atoms. The highest BCUT2D eigenvalue weighted by atomic mass is 79.9. The fourth-order valence-electron chi connectivity index (χ4n) is 2.47. The predicted molar refractivity (Wildman–Crippen MR) is 79.5 cm³/mol. The number of carbonyl (C=O) groups is 1. The third-order valence-corrected chi connectivity index (χ3v) is 4.10. The van der Waals surface area contributed by atoms with Crippen molar-refractivity contribution in [3.05, 3.63) is 34.3 Å². The van der Waals surface area contributed by atoms with Crippen molar-refractivity contribution in [2.45, 2.75) is 12.8 Å². The number of halogens is 1. The van der Waals surface area contributed by atoms with Crippen molar-refractivity contribution in [1.82, 2.24) is 4.90 Å². The van der Waals surface area contributed by atoms with Gasteiger partial charge in [0.2, 0.25) is 0 Å². The number of likely N-dealkylation sites (N-methyl/N-ethyl adjacent to an activating group) is 1. The maximum Gasteiger partial charge on any atom is 0.177 e. The minimum absolute atomic E-state index is 0.159. The van der Waals surface area contributed by atoms with E-state index >= 15 is 0 Å². The summed E-state index contributed by atoms with van der Waals surface area (Å²) in [6, 6.07) is 7.59.